The Labute approximate surface area is 152 Å². The minimum atomic E-state index is -0.170. The zero-order valence-corrected chi connectivity index (χ0v) is 15.5. The summed E-state index contributed by atoms with van der Waals surface area (Å²) < 4.78 is 6.95. The van der Waals surface area contributed by atoms with Gasteiger partial charge in [-0.05, 0) is 44.0 Å². The fourth-order valence-electron chi connectivity index (χ4n) is 2.92. The molecule has 7 heteroatoms. The lowest BCUT2D eigenvalue weighted by molar-refractivity contribution is 0.0949. The molecule has 0 saturated heterocycles. The van der Waals surface area contributed by atoms with Crippen LogP contribution in [0.1, 0.15) is 27.4 Å². The third-order valence-corrected chi connectivity index (χ3v) is 4.45. The fraction of sp³-hybridized carbons (Fsp3) is 0.316. The van der Waals surface area contributed by atoms with E-state index in [1.165, 1.54) is 0 Å². The molecule has 0 unspecified atom stereocenters. The van der Waals surface area contributed by atoms with Gasteiger partial charge in [-0.1, -0.05) is 12.1 Å². The van der Waals surface area contributed by atoms with Crippen molar-refractivity contribution in [2.75, 3.05) is 13.7 Å². The molecule has 0 spiro atoms. The molecular weight excluding hydrogens is 330 g/mol. The molecule has 1 amide bonds. The number of hydrogen-bond donors (Lipinski definition) is 2. The number of benzene rings is 1. The Kier molecular flexibility index (Phi) is 5.06. The molecular formula is C19H23N5O2. The van der Waals surface area contributed by atoms with Crippen LogP contribution in [0.15, 0.2) is 30.3 Å². The van der Waals surface area contributed by atoms with Crippen molar-refractivity contribution in [1.29, 1.82) is 0 Å². The first-order valence-electron chi connectivity index (χ1n) is 8.46. The average molecular weight is 353 g/mol. The lowest BCUT2D eigenvalue weighted by Crippen LogP contribution is -2.26. The summed E-state index contributed by atoms with van der Waals surface area (Å²) in [6, 6.07) is 9.58. The van der Waals surface area contributed by atoms with Crippen LogP contribution in [0.5, 0.6) is 5.75 Å². The van der Waals surface area contributed by atoms with Gasteiger partial charge in [0, 0.05) is 24.8 Å². The second-order valence-corrected chi connectivity index (χ2v) is 6.19. The Bertz CT molecular complexity index is 909. The summed E-state index contributed by atoms with van der Waals surface area (Å²) in [5, 5.41) is 14.4. The van der Waals surface area contributed by atoms with E-state index >= 15 is 0 Å². The van der Waals surface area contributed by atoms with E-state index in [1.807, 2.05) is 49.8 Å². The van der Waals surface area contributed by atoms with Crippen LogP contribution in [0.4, 0.5) is 0 Å². The zero-order chi connectivity index (χ0) is 18.7. The maximum absolute atomic E-state index is 12.3. The Hall–Kier alpha value is -3.09. The van der Waals surface area contributed by atoms with Crippen molar-refractivity contribution in [3.8, 4) is 17.0 Å². The van der Waals surface area contributed by atoms with Crippen molar-refractivity contribution < 1.29 is 9.53 Å². The van der Waals surface area contributed by atoms with Gasteiger partial charge in [-0.15, -0.1) is 0 Å². The van der Waals surface area contributed by atoms with E-state index in [1.54, 1.807) is 13.2 Å². The van der Waals surface area contributed by atoms with E-state index in [2.05, 4.69) is 20.6 Å². The van der Waals surface area contributed by atoms with Crippen LogP contribution in [0, 0.1) is 13.8 Å². The molecule has 0 bridgehead atoms. The molecule has 0 aliphatic heterocycles. The predicted octanol–water partition coefficient (Wildman–Crippen LogP) is 2.41. The van der Waals surface area contributed by atoms with Gasteiger partial charge in [0.25, 0.3) is 5.91 Å². The molecule has 2 aromatic heterocycles. The summed E-state index contributed by atoms with van der Waals surface area (Å²) in [7, 11) is 3.54. The third-order valence-electron chi connectivity index (χ3n) is 4.45. The van der Waals surface area contributed by atoms with Gasteiger partial charge in [-0.3, -0.25) is 14.6 Å². The number of carbonyl (C=O) groups excluding carboxylic acids is 1. The van der Waals surface area contributed by atoms with Crippen molar-refractivity contribution in [3.05, 3.63) is 53.0 Å². The molecule has 26 heavy (non-hydrogen) atoms. The van der Waals surface area contributed by atoms with Crippen molar-refractivity contribution in [3.63, 3.8) is 0 Å². The standard InChI is InChI=1S/C19H23N5O2/c1-12-18(13(2)24(3)23-12)16-11-17(22-21-16)19(25)20-10-9-14-5-7-15(26-4)8-6-14/h5-8,11H,9-10H2,1-4H3,(H,20,25)(H,21,22). The number of hydrogen-bond acceptors (Lipinski definition) is 4. The minimum absolute atomic E-state index is 0.170. The Morgan fingerprint density at radius 1 is 1.27 bits per heavy atom. The van der Waals surface area contributed by atoms with Crippen LogP contribution in [0.25, 0.3) is 11.3 Å². The predicted molar refractivity (Wildman–Crippen MR) is 99.3 cm³/mol. The highest BCUT2D eigenvalue weighted by atomic mass is 16.5. The number of ether oxygens (including phenoxy) is 1. The zero-order valence-electron chi connectivity index (χ0n) is 15.5. The summed E-state index contributed by atoms with van der Waals surface area (Å²) in [6.07, 6.45) is 0.748. The first kappa shape index (κ1) is 17.7. The number of rotatable bonds is 6. The van der Waals surface area contributed by atoms with Gasteiger partial charge >= 0.3 is 0 Å². The van der Waals surface area contributed by atoms with E-state index in [-0.39, 0.29) is 5.91 Å². The minimum Gasteiger partial charge on any atom is -0.497 e. The van der Waals surface area contributed by atoms with Crippen LogP contribution < -0.4 is 10.1 Å². The van der Waals surface area contributed by atoms with Crippen LogP contribution >= 0.6 is 0 Å². The van der Waals surface area contributed by atoms with Crippen LogP contribution in [-0.4, -0.2) is 39.5 Å². The highest BCUT2D eigenvalue weighted by Gasteiger charge is 2.17. The maximum atomic E-state index is 12.3. The quantitative estimate of drug-likeness (QED) is 0.713. The SMILES string of the molecule is COc1ccc(CCNC(=O)c2cc(-c3c(C)nn(C)c3C)n[nH]2)cc1. The molecule has 7 nitrogen and oxygen atoms in total. The van der Waals surface area contributed by atoms with Gasteiger partial charge in [0.1, 0.15) is 11.4 Å². The van der Waals surface area contributed by atoms with Crippen molar-refractivity contribution in [2.45, 2.75) is 20.3 Å². The number of nitrogens with zero attached hydrogens (tertiary/aromatic N) is 3. The topological polar surface area (TPSA) is 84.8 Å². The highest BCUT2D eigenvalue weighted by Crippen LogP contribution is 2.25. The average Bonchev–Trinajstić information content (AvgIpc) is 3.20. The molecule has 3 aromatic rings. The molecule has 3 rings (SSSR count). The van der Waals surface area contributed by atoms with Gasteiger partial charge in [0.05, 0.1) is 18.5 Å². The number of aromatic amines is 1. The molecule has 0 fully saturated rings. The second kappa shape index (κ2) is 7.43. The van der Waals surface area contributed by atoms with Crippen LogP contribution in [-0.2, 0) is 13.5 Å². The number of aryl methyl sites for hydroxylation is 2. The molecule has 0 atom stereocenters. The van der Waals surface area contributed by atoms with E-state index in [0.717, 1.165) is 40.4 Å². The molecule has 1 aromatic carbocycles. The normalized spacial score (nSPS) is 10.8. The van der Waals surface area contributed by atoms with E-state index in [4.69, 9.17) is 4.74 Å². The van der Waals surface area contributed by atoms with Crippen LogP contribution in [0.3, 0.4) is 0 Å². The molecule has 0 saturated carbocycles. The monoisotopic (exact) mass is 353 g/mol. The van der Waals surface area contributed by atoms with Gasteiger partial charge in [-0.25, -0.2) is 0 Å². The Morgan fingerprint density at radius 2 is 2.00 bits per heavy atom. The lowest BCUT2D eigenvalue weighted by Gasteiger charge is -2.05. The van der Waals surface area contributed by atoms with Crippen molar-refractivity contribution in [1.82, 2.24) is 25.3 Å². The number of H-pyrrole nitrogens is 1. The summed E-state index contributed by atoms with van der Waals surface area (Å²) in [5.41, 5.74) is 5.17. The molecule has 2 heterocycles. The Morgan fingerprint density at radius 3 is 2.62 bits per heavy atom. The van der Waals surface area contributed by atoms with Gasteiger partial charge in [0.2, 0.25) is 0 Å². The van der Waals surface area contributed by atoms with Crippen LogP contribution in [0.2, 0.25) is 0 Å². The first-order valence-corrected chi connectivity index (χ1v) is 8.46. The summed E-state index contributed by atoms with van der Waals surface area (Å²) in [5.74, 6) is 0.653. The molecule has 0 aliphatic carbocycles. The van der Waals surface area contributed by atoms with Gasteiger partial charge < -0.3 is 10.1 Å². The van der Waals surface area contributed by atoms with Gasteiger partial charge in [-0.2, -0.15) is 10.2 Å². The van der Waals surface area contributed by atoms with Gasteiger partial charge in [0.15, 0.2) is 0 Å². The largest absolute Gasteiger partial charge is 0.497 e. The first-order chi connectivity index (χ1) is 12.5. The highest BCUT2D eigenvalue weighted by molar-refractivity contribution is 5.93. The number of amides is 1. The lowest BCUT2D eigenvalue weighted by atomic mass is 10.1. The summed E-state index contributed by atoms with van der Waals surface area (Å²) in [4.78, 5) is 12.3. The molecule has 0 aliphatic rings. The number of nitrogens with one attached hydrogen (secondary N) is 2. The second-order valence-electron chi connectivity index (χ2n) is 6.19. The summed E-state index contributed by atoms with van der Waals surface area (Å²) in [6.45, 7) is 4.47. The number of methoxy groups -OCH3 is 1. The van der Waals surface area contributed by atoms with E-state index < -0.39 is 0 Å². The third kappa shape index (κ3) is 3.61. The Balaban J connectivity index is 1.61. The van der Waals surface area contributed by atoms with Crippen molar-refractivity contribution >= 4 is 5.91 Å². The van der Waals surface area contributed by atoms with E-state index in [9.17, 15) is 4.79 Å². The number of carbonyl (C=O) groups is 1. The summed E-state index contributed by atoms with van der Waals surface area (Å²) >= 11 is 0. The smallest absolute Gasteiger partial charge is 0.269 e. The maximum Gasteiger partial charge on any atom is 0.269 e. The fourth-order valence-corrected chi connectivity index (χ4v) is 2.92. The molecule has 136 valence electrons. The molecule has 2 N–H and O–H groups in total. The van der Waals surface area contributed by atoms with E-state index in [0.29, 0.717) is 12.2 Å². The molecule has 0 radical (unpaired) electrons. The number of aromatic nitrogens is 4. The van der Waals surface area contributed by atoms with Crippen molar-refractivity contribution in [2.24, 2.45) is 7.05 Å².